The first-order valence-electron chi connectivity index (χ1n) is 7.41. The summed E-state index contributed by atoms with van der Waals surface area (Å²) in [6, 6.07) is 13.7. The van der Waals surface area contributed by atoms with Crippen molar-refractivity contribution in [2.45, 2.75) is 26.1 Å². The smallest absolute Gasteiger partial charge is 0.417 e. The van der Waals surface area contributed by atoms with Crippen LogP contribution in [0.1, 0.15) is 19.4 Å². The zero-order valence-corrected chi connectivity index (χ0v) is 13.5. The van der Waals surface area contributed by atoms with Crippen molar-refractivity contribution in [3.05, 3.63) is 60.2 Å². The van der Waals surface area contributed by atoms with Gasteiger partial charge in [0.15, 0.2) is 0 Å². The van der Waals surface area contributed by atoms with E-state index in [1.165, 1.54) is 12.1 Å². The largest absolute Gasteiger partial charge is 0.465 e. The van der Waals surface area contributed by atoms with Crippen LogP contribution in [0.2, 0.25) is 0 Å². The lowest BCUT2D eigenvalue weighted by atomic mass is 9.99. The number of carbonyl (C=O) groups excluding carboxylic acids is 1. The molecule has 0 spiro atoms. The van der Waals surface area contributed by atoms with Gasteiger partial charge in [-0.15, -0.1) is 0 Å². The molecule has 3 nitrogen and oxygen atoms in total. The summed E-state index contributed by atoms with van der Waals surface area (Å²) in [6.45, 7) is 3.75. The van der Waals surface area contributed by atoms with Crippen LogP contribution in [0, 0.1) is 0 Å². The van der Waals surface area contributed by atoms with Gasteiger partial charge in [-0.1, -0.05) is 48.5 Å². The SMILES string of the molecule is CCOC(=O)C(C)N.FC(F)(F)c1ccccc1-c1ccccc1. The molecule has 1 unspecified atom stereocenters. The molecule has 0 aromatic heterocycles. The van der Waals surface area contributed by atoms with Crippen LogP contribution in [0.15, 0.2) is 54.6 Å². The van der Waals surface area contributed by atoms with Gasteiger partial charge in [-0.3, -0.25) is 4.79 Å². The molecule has 24 heavy (non-hydrogen) atoms. The second kappa shape index (κ2) is 9.08. The molecule has 0 bridgehead atoms. The number of esters is 1. The van der Waals surface area contributed by atoms with E-state index in [1.807, 2.05) is 0 Å². The lowest BCUT2D eigenvalue weighted by molar-refractivity contribution is -0.144. The summed E-state index contributed by atoms with van der Waals surface area (Å²) in [6.07, 6.45) is -4.31. The molecule has 0 fully saturated rings. The fourth-order valence-corrected chi connectivity index (χ4v) is 1.87. The number of halogens is 3. The van der Waals surface area contributed by atoms with Crippen LogP contribution >= 0.6 is 0 Å². The number of hydrogen-bond acceptors (Lipinski definition) is 3. The molecule has 0 aliphatic heterocycles. The Kier molecular flexibility index (Phi) is 7.45. The third-order valence-electron chi connectivity index (χ3n) is 2.98. The Morgan fingerprint density at radius 1 is 1.08 bits per heavy atom. The third kappa shape index (κ3) is 6.04. The van der Waals surface area contributed by atoms with Gasteiger partial charge in [-0.2, -0.15) is 13.2 Å². The van der Waals surface area contributed by atoms with Crippen LogP contribution in [0.3, 0.4) is 0 Å². The molecule has 0 saturated carbocycles. The number of alkyl halides is 3. The van der Waals surface area contributed by atoms with Crippen LogP contribution in [0.4, 0.5) is 13.2 Å². The van der Waals surface area contributed by atoms with Gasteiger partial charge in [-0.05, 0) is 31.0 Å². The van der Waals surface area contributed by atoms with E-state index < -0.39 is 17.8 Å². The zero-order valence-electron chi connectivity index (χ0n) is 13.5. The molecule has 2 N–H and O–H groups in total. The van der Waals surface area contributed by atoms with Gasteiger partial charge in [0.05, 0.1) is 12.2 Å². The minimum atomic E-state index is -4.31. The number of hydrogen-bond donors (Lipinski definition) is 1. The monoisotopic (exact) mass is 339 g/mol. The first-order chi connectivity index (χ1) is 11.3. The van der Waals surface area contributed by atoms with E-state index in [2.05, 4.69) is 4.74 Å². The second-order valence-electron chi connectivity index (χ2n) is 4.95. The zero-order chi connectivity index (χ0) is 18.2. The predicted molar refractivity (Wildman–Crippen MR) is 87.2 cm³/mol. The highest BCUT2D eigenvalue weighted by molar-refractivity contribution is 5.74. The molecule has 0 aliphatic carbocycles. The van der Waals surface area contributed by atoms with E-state index in [0.29, 0.717) is 12.2 Å². The number of nitrogens with two attached hydrogens (primary N) is 1. The van der Waals surface area contributed by atoms with E-state index >= 15 is 0 Å². The van der Waals surface area contributed by atoms with Crippen LogP contribution in [0.5, 0.6) is 0 Å². The minimum Gasteiger partial charge on any atom is -0.465 e. The molecule has 2 aromatic carbocycles. The normalized spacial score (nSPS) is 11.9. The first-order valence-corrected chi connectivity index (χ1v) is 7.41. The van der Waals surface area contributed by atoms with Gasteiger partial charge < -0.3 is 10.5 Å². The maximum Gasteiger partial charge on any atom is 0.417 e. The quantitative estimate of drug-likeness (QED) is 0.850. The minimum absolute atomic E-state index is 0.218. The van der Waals surface area contributed by atoms with Crippen molar-refractivity contribution < 1.29 is 22.7 Å². The van der Waals surface area contributed by atoms with Crippen molar-refractivity contribution >= 4 is 5.97 Å². The Morgan fingerprint density at radius 3 is 2.08 bits per heavy atom. The second-order valence-corrected chi connectivity index (χ2v) is 4.95. The molecule has 0 radical (unpaired) electrons. The van der Waals surface area contributed by atoms with Gasteiger partial charge in [0, 0.05) is 0 Å². The summed E-state index contributed by atoms with van der Waals surface area (Å²) in [5, 5.41) is 0. The molecule has 130 valence electrons. The van der Waals surface area contributed by atoms with E-state index in [9.17, 15) is 18.0 Å². The number of benzene rings is 2. The Morgan fingerprint density at radius 2 is 1.62 bits per heavy atom. The lowest BCUT2D eigenvalue weighted by Crippen LogP contribution is -2.28. The van der Waals surface area contributed by atoms with Crippen molar-refractivity contribution in [3.8, 4) is 11.1 Å². The fraction of sp³-hybridized carbons (Fsp3) is 0.278. The maximum atomic E-state index is 12.7. The number of ether oxygens (including phenoxy) is 1. The van der Waals surface area contributed by atoms with Gasteiger partial charge >= 0.3 is 12.1 Å². The standard InChI is InChI=1S/C13H9F3.C5H11NO2/c14-13(15,16)12-9-5-4-8-11(12)10-6-2-1-3-7-10;1-3-8-5(7)4(2)6/h1-9H;4H,3,6H2,1-2H3. The summed E-state index contributed by atoms with van der Waals surface area (Å²) in [4.78, 5) is 10.4. The predicted octanol–water partition coefficient (Wildman–Crippen LogP) is 4.27. The molecule has 1 atom stereocenters. The van der Waals surface area contributed by atoms with E-state index in [-0.39, 0.29) is 11.5 Å². The van der Waals surface area contributed by atoms with Gasteiger partial charge in [0.25, 0.3) is 0 Å². The van der Waals surface area contributed by atoms with Crippen LogP contribution < -0.4 is 5.73 Å². The average molecular weight is 339 g/mol. The molecule has 0 saturated heterocycles. The molecule has 2 rings (SSSR count). The molecule has 0 heterocycles. The summed E-state index contributed by atoms with van der Waals surface area (Å²) >= 11 is 0. The average Bonchev–Trinajstić information content (AvgIpc) is 2.55. The number of carbonyl (C=O) groups is 1. The Hall–Kier alpha value is -2.34. The first kappa shape index (κ1) is 19.7. The summed E-state index contributed by atoms with van der Waals surface area (Å²) in [7, 11) is 0. The van der Waals surface area contributed by atoms with E-state index in [0.717, 1.165) is 6.07 Å². The van der Waals surface area contributed by atoms with Crippen molar-refractivity contribution in [2.24, 2.45) is 5.73 Å². The maximum absolute atomic E-state index is 12.7. The van der Waals surface area contributed by atoms with Crippen LogP contribution in [0.25, 0.3) is 11.1 Å². The van der Waals surface area contributed by atoms with Crippen LogP contribution in [-0.2, 0) is 15.7 Å². The molecular weight excluding hydrogens is 319 g/mol. The highest BCUT2D eigenvalue weighted by Crippen LogP contribution is 2.36. The molecular formula is C18H20F3NO2. The Labute approximate surface area is 139 Å². The van der Waals surface area contributed by atoms with E-state index in [4.69, 9.17) is 5.73 Å². The molecule has 0 amide bonds. The molecule has 6 heteroatoms. The van der Waals surface area contributed by atoms with Crippen molar-refractivity contribution in [1.29, 1.82) is 0 Å². The fourth-order valence-electron chi connectivity index (χ4n) is 1.87. The highest BCUT2D eigenvalue weighted by atomic mass is 19.4. The number of rotatable bonds is 3. The third-order valence-corrected chi connectivity index (χ3v) is 2.98. The van der Waals surface area contributed by atoms with Gasteiger partial charge in [0.2, 0.25) is 0 Å². The Balaban J connectivity index is 0.000000307. The summed E-state index contributed by atoms with van der Waals surface area (Å²) < 4.78 is 42.7. The lowest BCUT2D eigenvalue weighted by Gasteiger charge is -2.12. The summed E-state index contributed by atoms with van der Waals surface area (Å²) in [5.74, 6) is -0.340. The molecule has 2 aromatic rings. The topological polar surface area (TPSA) is 52.3 Å². The Bertz CT molecular complexity index is 640. The van der Waals surface area contributed by atoms with Crippen molar-refractivity contribution in [1.82, 2.24) is 0 Å². The van der Waals surface area contributed by atoms with E-state index in [1.54, 1.807) is 50.2 Å². The highest BCUT2D eigenvalue weighted by Gasteiger charge is 2.33. The summed E-state index contributed by atoms with van der Waals surface area (Å²) in [5.41, 5.74) is 5.35. The van der Waals surface area contributed by atoms with Crippen molar-refractivity contribution in [2.75, 3.05) is 6.61 Å². The van der Waals surface area contributed by atoms with Gasteiger partial charge in [-0.25, -0.2) is 0 Å². The van der Waals surface area contributed by atoms with Crippen LogP contribution in [-0.4, -0.2) is 18.6 Å². The van der Waals surface area contributed by atoms with Gasteiger partial charge in [0.1, 0.15) is 6.04 Å². The van der Waals surface area contributed by atoms with Crippen molar-refractivity contribution in [3.63, 3.8) is 0 Å². The molecule has 0 aliphatic rings.